The lowest BCUT2D eigenvalue weighted by molar-refractivity contribution is 0.664. The fourth-order valence-electron chi connectivity index (χ4n) is 1.79. The minimum atomic E-state index is 0.0793. The molecule has 1 heterocycles. The zero-order valence-corrected chi connectivity index (χ0v) is 7.31. The van der Waals surface area contributed by atoms with Crippen LogP contribution in [0.1, 0.15) is 29.7 Å². The van der Waals surface area contributed by atoms with E-state index >= 15 is 0 Å². The molecule has 0 unspecified atom stereocenters. The van der Waals surface area contributed by atoms with Gasteiger partial charge in [-0.1, -0.05) is 0 Å². The van der Waals surface area contributed by atoms with E-state index in [0.717, 1.165) is 24.1 Å². The van der Waals surface area contributed by atoms with Crippen LogP contribution in [0, 0.1) is 6.92 Å². The van der Waals surface area contributed by atoms with E-state index in [-0.39, 0.29) is 5.56 Å². The molecule has 64 valence electrons. The normalized spacial score (nSPS) is 15.8. The zero-order valence-electron chi connectivity index (χ0n) is 7.31. The summed E-state index contributed by atoms with van der Waals surface area (Å²) in [5, 5.41) is 0. The maximum absolute atomic E-state index is 11.2. The minimum Gasteiger partial charge on any atom is -0.326 e. The van der Waals surface area contributed by atoms with Crippen LogP contribution < -0.4 is 5.56 Å². The van der Waals surface area contributed by atoms with Gasteiger partial charge in [0.2, 0.25) is 0 Å². The molecule has 12 heavy (non-hydrogen) atoms. The van der Waals surface area contributed by atoms with E-state index in [0.29, 0.717) is 0 Å². The molecule has 0 aliphatic heterocycles. The van der Waals surface area contributed by atoms with Crippen LogP contribution in [0.3, 0.4) is 0 Å². The average Bonchev–Trinajstić information content (AvgIpc) is 2.07. The highest BCUT2D eigenvalue weighted by molar-refractivity contribution is 5.26. The van der Waals surface area contributed by atoms with Gasteiger partial charge in [-0.05, 0) is 44.2 Å². The first-order chi connectivity index (χ1) is 5.77. The van der Waals surface area contributed by atoms with Gasteiger partial charge in [0.05, 0.1) is 0 Å². The minimum absolute atomic E-state index is 0.0793. The molecular weight excluding hydrogens is 150 g/mol. The highest BCUT2D eigenvalue weighted by Crippen LogP contribution is 2.17. The van der Waals surface area contributed by atoms with E-state index < -0.39 is 0 Å². The van der Waals surface area contributed by atoms with Gasteiger partial charge < -0.3 is 4.98 Å². The number of aromatic amines is 1. The Morgan fingerprint density at radius 3 is 2.92 bits per heavy atom. The van der Waals surface area contributed by atoms with Crippen LogP contribution in [0.4, 0.5) is 0 Å². The van der Waals surface area contributed by atoms with Crippen LogP contribution in [0.25, 0.3) is 0 Å². The van der Waals surface area contributed by atoms with Crippen LogP contribution >= 0.6 is 0 Å². The Morgan fingerprint density at radius 1 is 1.33 bits per heavy atom. The lowest BCUT2D eigenvalue weighted by Gasteiger charge is -2.14. The highest BCUT2D eigenvalue weighted by Gasteiger charge is 2.10. The van der Waals surface area contributed by atoms with Gasteiger partial charge in [0.15, 0.2) is 0 Å². The molecule has 0 amide bonds. The van der Waals surface area contributed by atoms with E-state index in [1.54, 1.807) is 0 Å². The second kappa shape index (κ2) is 2.77. The standard InChI is InChI=1S/C10H13NO/c1-7-6-8-4-2-3-5-9(8)11-10(7)12/h6H,2-5H2,1H3,(H,11,12). The second-order valence-corrected chi connectivity index (χ2v) is 3.49. The van der Waals surface area contributed by atoms with Crippen molar-refractivity contribution in [1.29, 1.82) is 0 Å². The summed E-state index contributed by atoms with van der Waals surface area (Å²) >= 11 is 0. The van der Waals surface area contributed by atoms with Crippen molar-refractivity contribution >= 4 is 0 Å². The number of fused-ring (bicyclic) bond motifs is 1. The van der Waals surface area contributed by atoms with Crippen molar-refractivity contribution in [2.75, 3.05) is 0 Å². The molecule has 0 saturated heterocycles. The summed E-state index contributed by atoms with van der Waals surface area (Å²) in [6, 6.07) is 2.04. The van der Waals surface area contributed by atoms with Crippen molar-refractivity contribution in [1.82, 2.24) is 4.98 Å². The third-order valence-electron chi connectivity index (χ3n) is 2.52. The first kappa shape index (κ1) is 7.59. The third kappa shape index (κ3) is 1.17. The molecule has 0 fully saturated rings. The van der Waals surface area contributed by atoms with Crippen LogP contribution in [-0.4, -0.2) is 4.98 Å². The lowest BCUT2D eigenvalue weighted by atomic mass is 9.95. The average molecular weight is 163 g/mol. The first-order valence-corrected chi connectivity index (χ1v) is 4.49. The number of nitrogens with one attached hydrogen (secondary N) is 1. The topological polar surface area (TPSA) is 32.9 Å². The predicted molar refractivity (Wildman–Crippen MR) is 48.4 cm³/mol. The fourth-order valence-corrected chi connectivity index (χ4v) is 1.79. The maximum Gasteiger partial charge on any atom is 0.251 e. The number of hydrogen-bond acceptors (Lipinski definition) is 1. The zero-order chi connectivity index (χ0) is 8.55. The molecule has 0 saturated carbocycles. The number of aromatic nitrogens is 1. The smallest absolute Gasteiger partial charge is 0.251 e. The summed E-state index contributed by atoms with van der Waals surface area (Å²) in [4.78, 5) is 14.2. The van der Waals surface area contributed by atoms with Crippen LogP contribution in [-0.2, 0) is 12.8 Å². The molecule has 0 radical (unpaired) electrons. The van der Waals surface area contributed by atoms with E-state index in [1.165, 1.54) is 18.4 Å². The summed E-state index contributed by atoms with van der Waals surface area (Å²) < 4.78 is 0. The van der Waals surface area contributed by atoms with Crippen molar-refractivity contribution in [2.45, 2.75) is 32.6 Å². The molecular formula is C10H13NO. The molecule has 0 spiro atoms. The molecule has 1 aromatic rings. The number of H-pyrrole nitrogens is 1. The van der Waals surface area contributed by atoms with Gasteiger partial charge in [-0.3, -0.25) is 4.79 Å². The predicted octanol–water partition coefficient (Wildman–Crippen LogP) is 1.56. The summed E-state index contributed by atoms with van der Waals surface area (Å²) in [6.07, 6.45) is 4.66. The largest absolute Gasteiger partial charge is 0.326 e. The van der Waals surface area contributed by atoms with Crippen LogP contribution in [0.2, 0.25) is 0 Å². The van der Waals surface area contributed by atoms with Gasteiger partial charge in [-0.25, -0.2) is 0 Å². The van der Waals surface area contributed by atoms with Gasteiger partial charge in [0.1, 0.15) is 0 Å². The van der Waals surface area contributed by atoms with Crippen LogP contribution in [0.15, 0.2) is 10.9 Å². The maximum atomic E-state index is 11.2. The Labute approximate surface area is 71.6 Å². The van der Waals surface area contributed by atoms with Crippen molar-refractivity contribution in [3.8, 4) is 0 Å². The quantitative estimate of drug-likeness (QED) is 0.618. The van der Waals surface area contributed by atoms with Gasteiger partial charge >= 0.3 is 0 Å². The number of aryl methyl sites for hydroxylation is 3. The number of pyridine rings is 1. The van der Waals surface area contributed by atoms with Gasteiger partial charge in [-0.15, -0.1) is 0 Å². The summed E-state index contributed by atoms with van der Waals surface area (Å²) in [7, 11) is 0. The van der Waals surface area contributed by atoms with Crippen molar-refractivity contribution < 1.29 is 0 Å². The van der Waals surface area contributed by atoms with Gasteiger partial charge in [-0.2, -0.15) is 0 Å². The van der Waals surface area contributed by atoms with Gasteiger partial charge in [0.25, 0.3) is 5.56 Å². The number of hydrogen-bond donors (Lipinski definition) is 1. The summed E-state index contributed by atoms with van der Waals surface area (Å²) in [5.74, 6) is 0. The molecule has 1 aliphatic carbocycles. The molecule has 1 N–H and O–H groups in total. The van der Waals surface area contributed by atoms with Crippen molar-refractivity contribution in [2.24, 2.45) is 0 Å². The van der Waals surface area contributed by atoms with Crippen molar-refractivity contribution in [3.63, 3.8) is 0 Å². The molecule has 2 nitrogen and oxygen atoms in total. The van der Waals surface area contributed by atoms with E-state index in [1.807, 2.05) is 13.0 Å². The monoisotopic (exact) mass is 163 g/mol. The highest BCUT2D eigenvalue weighted by atomic mass is 16.1. The summed E-state index contributed by atoms with van der Waals surface area (Å²) in [6.45, 7) is 1.87. The van der Waals surface area contributed by atoms with Crippen molar-refractivity contribution in [3.05, 3.63) is 33.2 Å². The molecule has 2 rings (SSSR count). The fraction of sp³-hybridized carbons (Fsp3) is 0.500. The molecule has 1 aromatic heterocycles. The third-order valence-corrected chi connectivity index (χ3v) is 2.52. The Balaban J connectivity index is 2.56. The van der Waals surface area contributed by atoms with E-state index in [4.69, 9.17) is 0 Å². The molecule has 1 aliphatic rings. The summed E-state index contributed by atoms with van der Waals surface area (Å²) in [5.41, 5.74) is 3.43. The second-order valence-electron chi connectivity index (χ2n) is 3.49. The number of rotatable bonds is 0. The Hall–Kier alpha value is -1.05. The Morgan fingerprint density at radius 2 is 2.08 bits per heavy atom. The SMILES string of the molecule is Cc1cc2c([nH]c1=O)CCCC2. The molecule has 0 aromatic carbocycles. The Kier molecular flexibility index (Phi) is 1.75. The van der Waals surface area contributed by atoms with Crippen LogP contribution in [0.5, 0.6) is 0 Å². The van der Waals surface area contributed by atoms with E-state index in [9.17, 15) is 4.79 Å². The first-order valence-electron chi connectivity index (χ1n) is 4.49. The molecule has 0 bridgehead atoms. The van der Waals surface area contributed by atoms with Gasteiger partial charge in [0, 0.05) is 11.3 Å². The lowest BCUT2D eigenvalue weighted by Crippen LogP contribution is -2.16. The van der Waals surface area contributed by atoms with E-state index in [2.05, 4.69) is 4.98 Å². The Bertz CT molecular complexity index is 351. The molecule has 2 heteroatoms. The molecule has 0 atom stereocenters.